The fourth-order valence-corrected chi connectivity index (χ4v) is 4.30. The molecule has 1 saturated heterocycles. The number of carbonyl (C=O) groups excluding carboxylic acids is 2. The van der Waals surface area contributed by atoms with Crippen LogP contribution in [-0.4, -0.2) is 47.2 Å². The Labute approximate surface area is 160 Å². The highest BCUT2D eigenvalue weighted by Gasteiger charge is 2.54. The van der Waals surface area contributed by atoms with Crippen LogP contribution in [0.5, 0.6) is 0 Å². The van der Waals surface area contributed by atoms with Crippen molar-refractivity contribution in [3.63, 3.8) is 0 Å². The molecule has 2 aromatic carbocycles. The molecule has 8 heteroatoms. The number of amides is 3. The minimum absolute atomic E-state index is 0.0833. The molecule has 2 N–H and O–H groups in total. The molecule has 2 heterocycles. The Kier molecular flexibility index (Phi) is 4.50. The normalized spacial score (nSPS) is 22.8. The molecule has 0 radical (unpaired) electrons. The summed E-state index contributed by atoms with van der Waals surface area (Å²) in [5.74, 6) is -1.67. The summed E-state index contributed by atoms with van der Waals surface area (Å²) in [6.07, 6.45) is 0. The van der Waals surface area contributed by atoms with E-state index < -0.39 is 17.7 Å². The van der Waals surface area contributed by atoms with Crippen molar-refractivity contribution in [2.24, 2.45) is 0 Å². The van der Waals surface area contributed by atoms with Crippen LogP contribution in [0.1, 0.15) is 18.4 Å². The van der Waals surface area contributed by atoms with E-state index in [4.69, 9.17) is 0 Å². The average molecular weight is 387 g/mol. The van der Waals surface area contributed by atoms with E-state index >= 15 is 0 Å². The summed E-state index contributed by atoms with van der Waals surface area (Å²) in [6.45, 7) is 1.45. The van der Waals surface area contributed by atoms with Gasteiger partial charge >= 0.3 is 6.03 Å². The summed E-state index contributed by atoms with van der Waals surface area (Å²) in [7, 11) is 0. The van der Waals surface area contributed by atoms with Crippen LogP contribution < -0.4 is 10.2 Å². The van der Waals surface area contributed by atoms with E-state index in [0.29, 0.717) is 5.69 Å². The number of aliphatic hydroxyl groups is 1. The van der Waals surface area contributed by atoms with E-state index in [1.807, 2.05) is 12.1 Å². The van der Waals surface area contributed by atoms with Crippen LogP contribution in [0.2, 0.25) is 0 Å². The van der Waals surface area contributed by atoms with Crippen molar-refractivity contribution in [3.8, 4) is 0 Å². The number of benzene rings is 2. The molecule has 28 heavy (non-hydrogen) atoms. The third-order valence-electron chi connectivity index (χ3n) is 5.47. The van der Waals surface area contributed by atoms with Crippen LogP contribution >= 0.6 is 0 Å². The zero-order valence-electron chi connectivity index (χ0n) is 15.1. The van der Waals surface area contributed by atoms with Crippen LogP contribution in [0.25, 0.3) is 0 Å². The van der Waals surface area contributed by atoms with E-state index in [2.05, 4.69) is 5.32 Å². The van der Waals surface area contributed by atoms with Gasteiger partial charge in [-0.2, -0.15) is 0 Å². The standard InChI is InChI=1S/C20H19F2N3O3/c1-11(27)25-17-9-24(20(28)23-15-8-12(21)6-7-14(15)22)16-5-3-2-4-13(16)19(17)18(25)10-26/h2-8,17-19,26H,9-10H2,1H3,(H,23,28)/t17-,18-,19+/m0/s1. The maximum Gasteiger partial charge on any atom is 0.326 e. The molecule has 6 nitrogen and oxygen atoms in total. The van der Waals surface area contributed by atoms with Gasteiger partial charge in [-0.15, -0.1) is 0 Å². The second-order valence-electron chi connectivity index (χ2n) is 6.99. The topological polar surface area (TPSA) is 72.9 Å². The molecule has 4 rings (SSSR count). The lowest BCUT2D eigenvalue weighted by molar-refractivity contribution is -0.147. The van der Waals surface area contributed by atoms with Crippen molar-refractivity contribution in [1.29, 1.82) is 0 Å². The first-order chi connectivity index (χ1) is 13.4. The third kappa shape index (κ3) is 2.80. The number of nitrogens with zero attached hydrogens (tertiary/aromatic N) is 2. The van der Waals surface area contributed by atoms with Gasteiger partial charge in [-0.1, -0.05) is 18.2 Å². The second-order valence-corrected chi connectivity index (χ2v) is 6.99. The molecular weight excluding hydrogens is 368 g/mol. The number of anilines is 2. The summed E-state index contributed by atoms with van der Waals surface area (Å²) in [6, 6.07) is 8.81. The number of aliphatic hydroxyl groups excluding tert-OH is 1. The Morgan fingerprint density at radius 1 is 1.21 bits per heavy atom. The summed E-state index contributed by atoms with van der Waals surface area (Å²) < 4.78 is 27.4. The van der Waals surface area contributed by atoms with Gasteiger partial charge in [0, 0.05) is 31.1 Å². The van der Waals surface area contributed by atoms with Crippen LogP contribution in [0.4, 0.5) is 25.0 Å². The van der Waals surface area contributed by atoms with Gasteiger partial charge in [0.25, 0.3) is 0 Å². The summed E-state index contributed by atoms with van der Waals surface area (Å²) in [5, 5.41) is 12.1. The van der Waals surface area contributed by atoms with Gasteiger partial charge in [0.05, 0.1) is 24.4 Å². The maximum atomic E-state index is 13.9. The van der Waals surface area contributed by atoms with Crippen LogP contribution in [-0.2, 0) is 4.79 Å². The summed E-state index contributed by atoms with van der Waals surface area (Å²) in [4.78, 5) is 27.9. The fraction of sp³-hybridized carbons (Fsp3) is 0.300. The Balaban J connectivity index is 1.67. The minimum atomic E-state index is -0.743. The lowest BCUT2D eigenvalue weighted by Gasteiger charge is -2.58. The molecule has 146 valence electrons. The Hall–Kier alpha value is -3.00. The van der Waals surface area contributed by atoms with Crippen molar-refractivity contribution >= 4 is 23.3 Å². The van der Waals surface area contributed by atoms with Crippen LogP contribution in [0.3, 0.4) is 0 Å². The van der Waals surface area contributed by atoms with Gasteiger partial charge in [0.2, 0.25) is 5.91 Å². The van der Waals surface area contributed by atoms with Crippen molar-refractivity contribution in [2.45, 2.75) is 24.9 Å². The van der Waals surface area contributed by atoms with Gasteiger partial charge in [-0.25, -0.2) is 13.6 Å². The molecule has 0 spiro atoms. The van der Waals surface area contributed by atoms with E-state index in [0.717, 1.165) is 23.8 Å². The van der Waals surface area contributed by atoms with Crippen molar-refractivity contribution in [3.05, 3.63) is 59.7 Å². The fourth-order valence-electron chi connectivity index (χ4n) is 4.30. The average Bonchev–Trinajstić information content (AvgIpc) is 2.64. The first kappa shape index (κ1) is 18.4. The minimum Gasteiger partial charge on any atom is -0.394 e. The molecule has 3 atom stereocenters. The molecule has 1 fully saturated rings. The molecule has 0 unspecified atom stereocenters. The number of para-hydroxylation sites is 1. The molecular formula is C20H19F2N3O3. The highest BCUT2D eigenvalue weighted by molar-refractivity contribution is 6.03. The quantitative estimate of drug-likeness (QED) is 0.832. The monoisotopic (exact) mass is 387 g/mol. The SMILES string of the molecule is CC(=O)N1[C@@H](CO)[C@@H]2c3ccccc3N(C(=O)Nc3cc(F)ccc3F)C[C@@H]21. The second kappa shape index (κ2) is 6.87. The van der Waals surface area contributed by atoms with Crippen molar-refractivity contribution in [2.75, 3.05) is 23.4 Å². The first-order valence-electron chi connectivity index (χ1n) is 8.94. The predicted octanol–water partition coefficient (Wildman–Crippen LogP) is 2.69. The number of halogens is 2. The zero-order chi connectivity index (χ0) is 20.0. The number of carbonyl (C=O) groups is 2. The van der Waals surface area contributed by atoms with E-state index in [1.165, 1.54) is 11.8 Å². The van der Waals surface area contributed by atoms with E-state index in [1.54, 1.807) is 17.0 Å². The lowest BCUT2D eigenvalue weighted by Crippen LogP contribution is -2.70. The summed E-state index contributed by atoms with van der Waals surface area (Å²) >= 11 is 0. The van der Waals surface area contributed by atoms with Crippen LogP contribution in [0.15, 0.2) is 42.5 Å². The molecule has 2 aliphatic heterocycles. The number of fused-ring (bicyclic) bond motifs is 3. The molecule has 0 bridgehead atoms. The Morgan fingerprint density at radius 3 is 2.68 bits per heavy atom. The van der Waals surface area contributed by atoms with Gasteiger partial charge in [0.1, 0.15) is 11.6 Å². The zero-order valence-corrected chi connectivity index (χ0v) is 15.1. The molecule has 0 aromatic heterocycles. The van der Waals surface area contributed by atoms with Crippen molar-refractivity contribution < 1.29 is 23.5 Å². The molecule has 0 saturated carbocycles. The van der Waals surface area contributed by atoms with Crippen molar-refractivity contribution in [1.82, 2.24) is 4.90 Å². The number of urea groups is 1. The summed E-state index contributed by atoms with van der Waals surface area (Å²) in [5.41, 5.74) is 1.21. The largest absolute Gasteiger partial charge is 0.394 e. The van der Waals surface area contributed by atoms with Crippen LogP contribution in [0, 0.1) is 11.6 Å². The van der Waals surface area contributed by atoms with Gasteiger partial charge in [0.15, 0.2) is 0 Å². The first-order valence-corrected chi connectivity index (χ1v) is 8.94. The number of nitrogens with one attached hydrogen (secondary N) is 1. The molecule has 3 amide bonds. The Morgan fingerprint density at radius 2 is 1.96 bits per heavy atom. The smallest absolute Gasteiger partial charge is 0.326 e. The number of likely N-dealkylation sites (tertiary alicyclic amines) is 1. The molecule has 2 aromatic rings. The van der Waals surface area contributed by atoms with Gasteiger partial charge < -0.3 is 15.3 Å². The number of hydrogen-bond donors (Lipinski definition) is 2. The van der Waals surface area contributed by atoms with E-state index in [9.17, 15) is 23.5 Å². The van der Waals surface area contributed by atoms with Gasteiger partial charge in [-0.3, -0.25) is 9.69 Å². The predicted molar refractivity (Wildman–Crippen MR) is 99.1 cm³/mol. The number of rotatable bonds is 2. The van der Waals surface area contributed by atoms with Gasteiger partial charge in [-0.05, 0) is 23.8 Å². The third-order valence-corrected chi connectivity index (χ3v) is 5.47. The highest BCUT2D eigenvalue weighted by Crippen LogP contribution is 2.48. The lowest BCUT2D eigenvalue weighted by atomic mass is 9.72. The molecule has 2 aliphatic rings. The Bertz CT molecular complexity index is 952. The van der Waals surface area contributed by atoms with E-state index in [-0.39, 0.29) is 42.7 Å². The highest BCUT2D eigenvalue weighted by atomic mass is 19.1. The number of hydrogen-bond acceptors (Lipinski definition) is 3. The maximum absolute atomic E-state index is 13.9. The molecule has 0 aliphatic carbocycles.